The van der Waals surface area contributed by atoms with Crippen LogP contribution < -0.4 is 4.43 Å². The molecule has 0 amide bonds. The normalized spacial score (nSPS) is 9.18. The quantitative estimate of drug-likeness (QED) is 0.469. The Labute approximate surface area is 75.3 Å². The van der Waals surface area contributed by atoms with Crippen LogP contribution in [0.25, 0.3) is 0 Å². The average molecular weight is 161 g/mol. The zero-order valence-electron chi connectivity index (χ0n) is 7.09. The van der Waals surface area contributed by atoms with E-state index in [9.17, 15) is 0 Å². The van der Waals surface area contributed by atoms with Crippen molar-refractivity contribution in [1.82, 2.24) is 0 Å². The van der Waals surface area contributed by atoms with E-state index in [0.717, 1.165) is 0 Å². The molecule has 0 radical (unpaired) electrons. The Morgan fingerprint density at radius 1 is 1.18 bits per heavy atom. The molecule has 0 spiro atoms. The molecule has 56 valence electrons. The Kier molecular flexibility index (Phi) is 4.35. The van der Waals surface area contributed by atoms with Crippen LogP contribution in [-0.4, -0.2) is 15.2 Å². The van der Waals surface area contributed by atoms with E-state index in [1.165, 1.54) is 18.1 Å². The summed E-state index contributed by atoms with van der Waals surface area (Å²) in [6.07, 6.45) is 2.73. The second-order valence-electron chi connectivity index (χ2n) is 2.76. The molecular weight excluding hydrogens is 147 g/mol. The summed E-state index contributed by atoms with van der Waals surface area (Å²) in [7, 11) is 0. The zero-order chi connectivity index (χ0) is 7.94. The molecule has 0 aliphatic carbocycles. The van der Waals surface area contributed by atoms with Crippen LogP contribution >= 0.6 is 0 Å². The van der Waals surface area contributed by atoms with E-state index < -0.39 is 0 Å². The maximum atomic E-state index is 2.25. The molecule has 0 aliphatic rings. The molecule has 11 heavy (non-hydrogen) atoms. The summed E-state index contributed by atoms with van der Waals surface area (Å²) in [5.41, 5.74) is 0. The molecule has 0 fully saturated rings. The Bertz CT molecular complexity index is 181. The molecule has 0 N–H and O–H groups in total. The van der Waals surface area contributed by atoms with Crippen LogP contribution in [-0.2, 0) is 0 Å². The van der Waals surface area contributed by atoms with E-state index in [0.29, 0.717) is 15.2 Å². The summed E-state index contributed by atoms with van der Waals surface area (Å²) in [5.74, 6) is 0. The van der Waals surface area contributed by atoms with Gasteiger partial charge in [-0.25, -0.2) is 0 Å². The maximum absolute atomic E-state index is 2.25. The van der Waals surface area contributed by atoms with Gasteiger partial charge in [0.15, 0.2) is 0 Å². The van der Waals surface area contributed by atoms with Crippen molar-refractivity contribution in [2.45, 2.75) is 25.0 Å². The summed E-state index contributed by atoms with van der Waals surface area (Å²) in [6.45, 7) is 2.25. The zero-order valence-corrected chi connectivity index (χ0v) is 8.24. The fraction of sp³-hybridized carbons (Fsp3) is 0.400. The van der Waals surface area contributed by atoms with Crippen LogP contribution in [0.4, 0.5) is 0 Å². The molecule has 0 heterocycles. The van der Waals surface area contributed by atoms with E-state index in [-0.39, 0.29) is 0 Å². The molecule has 0 aliphatic heterocycles. The van der Waals surface area contributed by atoms with Crippen LogP contribution in [0, 0.1) is 0 Å². The van der Waals surface area contributed by atoms with E-state index in [4.69, 9.17) is 0 Å². The number of benzene rings is 1. The summed E-state index contributed by atoms with van der Waals surface area (Å²) >= 11 is 0.544. The van der Waals surface area contributed by atoms with Crippen molar-refractivity contribution in [3.05, 3.63) is 30.3 Å². The van der Waals surface area contributed by atoms with Gasteiger partial charge in [-0.3, -0.25) is 0 Å². The van der Waals surface area contributed by atoms with Crippen molar-refractivity contribution in [3.8, 4) is 0 Å². The second-order valence-corrected chi connectivity index (χ2v) is 4.41. The Morgan fingerprint density at radius 2 is 1.91 bits per heavy atom. The van der Waals surface area contributed by atoms with E-state index in [1.54, 1.807) is 4.43 Å². The Morgan fingerprint density at radius 3 is 2.55 bits per heavy atom. The summed E-state index contributed by atoms with van der Waals surface area (Å²) < 4.78 is 1.56. The molecule has 0 bridgehead atoms. The molecule has 0 atom stereocenters. The van der Waals surface area contributed by atoms with Crippen LogP contribution in [0.5, 0.6) is 0 Å². The first-order valence-electron chi connectivity index (χ1n) is 4.31. The fourth-order valence-corrected chi connectivity index (χ4v) is 2.50. The first kappa shape index (κ1) is 8.85. The first-order chi connectivity index (χ1) is 5.43. The van der Waals surface area contributed by atoms with Crippen LogP contribution in [0.15, 0.2) is 30.3 Å². The predicted octanol–water partition coefficient (Wildman–Crippen LogP) is 2.23. The minimum atomic E-state index is 0.544. The fourth-order valence-electron chi connectivity index (χ4n) is 1.06. The molecule has 0 aromatic heterocycles. The molecule has 0 saturated heterocycles. The van der Waals surface area contributed by atoms with Crippen LogP contribution in [0.2, 0.25) is 5.28 Å². The summed E-state index contributed by atoms with van der Waals surface area (Å²) in [4.78, 5) is 0. The Balaban J connectivity index is 2.28. The summed E-state index contributed by atoms with van der Waals surface area (Å²) in [5, 5.41) is 1.42. The van der Waals surface area contributed by atoms with Crippen molar-refractivity contribution >= 4 is 19.6 Å². The number of unbranched alkanes of at least 4 members (excludes halogenated alkanes) is 1. The van der Waals surface area contributed by atoms with Gasteiger partial charge in [-0.05, 0) is 0 Å². The third-order valence-corrected chi connectivity index (χ3v) is 3.29. The van der Waals surface area contributed by atoms with E-state index in [2.05, 4.69) is 37.3 Å². The van der Waals surface area contributed by atoms with Gasteiger partial charge < -0.3 is 0 Å². The monoisotopic (exact) mass is 161 g/mol. The van der Waals surface area contributed by atoms with Crippen LogP contribution in [0.1, 0.15) is 19.8 Å². The van der Waals surface area contributed by atoms with Gasteiger partial charge in [0.1, 0.15) is 0 Å². The summed E-state index contributed by atoms with van der Waals surface area (Å²) in [6, 6.07) is 10.8. The predicted molar refractivity (Wildman–Crippen MR) is 51.5 cm³/mol. The number of hydrogen-bond acceptors (Lipinski definition) is 0. The molecule has 0 saturated carbocycles. The molecular formula is C10H14Al+. The standard InChI is InChI=1S/C6H5.C4H9.Al/c1-2-4-6-5-3-1;1-3-4-2;/h1-5H;1,3-4H2,2H3;/q;;+1. The van der Waals surface area contributed by atoms with E-state index in [1.807, 2.05) is 0 Å². The second kappa shape index (κ2) is 5.41. The number of rotatable bonds is 4. The third-order valence-electron chi connectivity index (χ3n) is 1.74. The van der Waals surface area contributed by atoms with Crippen molar-refractivity contribution in [1.29, 1.82) is 0 Å². The number of hydrogen-bond donors (Lipinski definition) is 0. The van der Waals surface area contributed by atoms with Gasteiger partial charge >= 0.3 is 75.0 Å². The average Bonchev–Trinajstić information content (AvgIpc) is 2.07. The van der Waals surface area contributed by atoms with Crippen molar-refractivity contribution in [2.24, 2.45) is 0 Å². The topological polar surface area (TPSA) is 0 Å². The SMILES string of the molecule is CCC[CH2][Al+][c]1ccccc1. The molecule has 0 nitrogen and oxygen atoms in total. The van der Waals surface area contributed by atoms with Gasteiger partial charge in [0.05, 0.1) is 0 Å². The molecule has 1 rings (SSSR count). The van der Waals surface area contributed by atoms with Gasteiger partial charge in [0.25, 0.3) is 0 Å². The third kappa shape index (κ3) is 3.60. The van der Waals surface area contributed by atoms with Gasteiger partial charge in [-0.2, -0.15) is 0 Å². The molecule has 0 unspecified atom stereocenters. The molecule has 1 aromatic rings. The van der Waals surface area contributed by atoms with Crippen molar-refractivity contribution in [3.63, 3.8) is 0 Å². The van der Waals surface area contributed by atoms with Gasteiger partial charge in [0.2, 0.25) is 0 Å². The van der Waals surface area contributed by atoms with Gasteiger partial charge in [-0.15, -0.1) is 0 Å². The van der Waals surface area contributed by atoms with Gasteiger partial charge in [0, 0.05) is 0 Å². The molecule has 1 aromatic carbocycles. The van der Waals surface area contributed by atoms with Crippen molar-refractivity contribution < 1.29 is 0 Å². The van der Waals surface area contributed by atoms with E-state index >= 15 is 0 Å². The van der Waals surface area contributed by atoms with Crippen LogP contribution in [0.3, 0.4) is 0 Å². The molecule has 1 heteroatoms. The van der Waals surface area contributed by atoms with Crippen molar-refractivity contribution in [2.75, 3.05) is 0 Å². The van der Waals surface area contributed by atoms with Gasteiger partial charge in [-0.1, -0.05) is 0 Å². The Hall–Kier alpha value is -0.248. The first-order valence-corrected chi connectivity index (χ1v) is 5.71. The minimum absolute atomic E-state index is 0.544.